The number of benzene rings is 2. The Morgan fingerprint density at radius 2 is 1.68 bits per heavy atom. The van der Waals surface area contributed by atoms with Crippen molar-refractivity contribution in [1.29, 1.82) is 10.5 Å². The maximum Gasteiger partial charge on any atom is 0.405 e. The van der Waals surface area contributed by atoms with Gasteiger partial charge in [0.25, 0.3) is 0 Å². The molecule has 0 unspecified atom stereocenters. The van der Waals surface area contributed by atoms with E-state index in [1.807, 2.05) is 23.6 Å². The van der Waals surface area contributed by atoms with Crippen molar-refractivity contribution in [2.75, 3.05) is 31.7 Å². The fraction of sp³-hybridized carbons (Fsp3) is 0.214. The molecule has 7 nitrogen and oxygen atoms in total. The number of nitrogens with zero attached hydrogens (tertiary/aromatic N) is 5. The Morgan fingerprint density at radius 3 is 2.29 bits per heavy atom. The van der Waals surface area contributed by atoms with Crippen molar-refractivity contribution < 1.29 is 23.0 Å². The number of aromatic nitrogens is 2. The van der Waals surface area contributed by atoms with Crippen LogP contribution in [0.2, 0.25) is 5.02 Å². The van der Waals surface area contributed by atoms with Crippen LogP contribution in [0.3, 0.4) is 0 Å². The Bertz CT molecular complexity index is 1600. The van der Waals surface area contributed by atoms with E-state index in [9.17, 15) is 23.7 Å². The van der Waals surface area contributed by atoms with Gasteiger partial charge >= 0.3 is 6.18 Å². The molecule has 2 aromatic heterocycles. The zero-order valence-corrected chi connectivity index (χ0v) is 23.8. The van der Waals surface area contributed by atoms with Crippen molar-refractivity contribution in [2.45, 2.75) is 17.0 Å². The van der Waals surface area contributed by atoms with Gasteiger partial charge in [0.2, 0.25) is 0 Å². The van der Waals surface area contributed by atoms with E-state index in [0.717, 1.165) is 27.2 Å². The molecule has 4 rings (SSSR count). The number of aliphatic hydroxyl groups excluding tert-OH is 1. The standard InChI is InChI=1S/C28H21ClF3N5O2S2/c1-37(16-28(30,31)32)25-22(12-33)24(17-4-8-21(9-5-17)39-11-10-38)23(13-34)27(36-25)41-15-20-14-40-26(35-20)18-2-6-19(29)7-3-18/h2-9,14,38H,10-11,15-16H2,1H3. The fourth-order valence-electron chi connectivity index (χ4n) is 3.90. The molecule has 0 bridgehead atoms. The number of hydrogen-bond donors (Lipinski definition) is 1. The molecule has 0 aliphatic carbocycles. The highest BCUT2D eigenvalue weighted by atomic mass is 35.5. The molecule has 210 valence electrons. The van der Waals surface area contributed by atoms with E-state index in [-0.39, 0.29) is 46.5 Å². The summed E-state index contributed by atoms with van der Waals surface area (Å²) in [5, 5.41) is 32.6. The first-order valence-electron chi connectivity index (χ1n) is 12.0. The number of aliphatic hydroxyl groups is 1. The SMILES string of the molecule is CN(CC(F)(F)F)c1nc(SCc2csc(-c3ccc(Cl)cc3)n2)c(C#N)c(-c2ccc(OCCO)cc2)c1C#N. The normalized spacial score (nSPS) is 11.1. The minimum atomic E-state index is -4.55. The lowest BCUT2D eigenvalue weighted by Crippen LogP contribution is -2.32. The molecule has 0 radical (unpaired) electrons. The topological polar surface area (TPSA) is 106 Å². The highest BCUT2D eigenvalue weighted by Gasteiger charge is 2.32. The van der Waals surface area contributed by atoms with Crippen LogP contribution in [-0.2, 0) is 5.75 Å². The van der Waals surface area contributed by atoms with Crippen LogP contribution in [0.4, 0.5) is 19.0 Å². The van der Waals surface area contributed by atoms with Gasteiger partial charge in [-0.25, -0.2) is 9.97 Å². The van der Waals surface area contributed by atoms with Gasteiger partial charge in [-0.2, -0.15) is 23.7 Å². The second-order valence-corrected chi connectivity index (χ2v) is 10.9. The summed E-state index contributed by atoms with van der Waals surface area (Å²) in [6.07, 6.45) is -4.55. The number of alkyl halides is 3. The molecule has 4 aromatic rings. The van der Waals surface area contributed by atoms with E-state index in [4.69, 9.17) is 21.4 Å². The number of ether oxygens (including phenoxy) is 1. The molecular weight excluding hydrogens is 595 g/mol. The molecule has 0 amide bonds. The van der Waals surface area contributed by atoms with Crippen LogP contribution < -0.4 is 9.64 Å². The zero-order chi connectivity index (χ0) is 29.6. The Hall–Kier alpha value is -3.81. The highest BCUT2D eigenvalue weighted by molar-refractivity contribution is 7.98. The van der Waals surface area contributed by atoms with Crippen LogP contribution in [0.1, 0.15) is 16.8 Å². The minimum absolute atomic E-state index is 0.0629. The molecule has 0 aliphatic heterocycles. The van der Waals surface area contributed by atoms with Crippen LogP contribution in [0.15, 0.2) is 58.9 Å². The summed E-state index contributed by atoms with van der Waals surface area (Å²) in [6, 6.07) is 17.7. The Kier molecular flexibility index (Phi) is 9.73. The molecule has 13 heteroatoms. The largest absolute Gasteiger partial charge is 0.491 e. The monoisotopic (exact) mass is 615 g/mol. The first-order valence-corrected chi connectivity index (χ1v) is 14.2. The molecule has 0 spiro atoms. The second-order valence-electron chi connectivity index (χ2n) is 8.60. The number of nitriles is 2. The summed E-state index contributed by atoms with van der Waals surface area (Å²) in [5.41, 5.74) is 2.09. The van der Waals surface area contributed by atoms with Crippen molar-refractivity contribution >= 4 is 40.5 Å². The molecule has 2 heterocycles. The molecule has 0 saturated heterocycles. The van der Waals surface area contributed by atoms with Crippen LogP contribution >= 0.6 is 34.7 Å². The fourth-order valence-corrected chi connectivity index (χ4v) is 5.83. The summed E-state index contributed by atoms with van der Waals surface area (Å²) >= 11 is 8.54. The Balaban J connectivity index is 1.75. The predicted octanol–water partition coefficient (Wildman–Crippen LogP) is 6.93. The van der Waals surface area contributed by atoms with Gasteiger partial charge in [0, 0.05) is 34.3 Å². The molecular formula is C28H21ClF3N5O2S2. The zero-order valence-electron chi connectivity index (χ0n) is 21.4. The van der Waals surface area contributed by atoms with Gasteiger partial charge in [-0.1, -0.05) is 47.6 Å². The quantitative estimate of drug-likeness (QED) is 0.191. The first kappa shape index (κ1) is 30.2. The number of halogens is 4. The number of thioether (sulfide) groups is 1. The van der Waals surface area contributed by atoms with Gasteiger partial charge in [-0.05, 0) is 29.8 Å². The number of rotatable bonds is 10. The number of thiazole rings is 1. The van der Waals surface area contributed by atoms with Crippen LogP contribution in [0.5, 0.6) is 5.75 Å². The number of hydrogen-bond acceptors (Lipinski definition) is 9. The summed E-state index contributed by atoms with van der Waals surface area (Å²) in [5.74, 6) is 0.535. The lowest BCUT2D eigenvalue weighted by molar-refractivity contribution is -0.119. The summed E-state index contributed by atoms with van der Waals surface area (Å²) in [6.45, 7) is -1.45. The smallest absolute Gasteiger partial charge is 0.405 e. The van der Waals surface area contributed by atoms with Gasteiger partial charge < -0.3 is 14.7 Å². The molecule has 0 aliphatic rings. The highest BCUT2D eigenvalue weighted by Crippen LogP contribution is 2.39. The van der Waals surface area contributed by atoms with E-state index in [1.165, 1.54) is 18.4 Å². The number of anilines is 1. The first-order chi connectivity index (χ1) is 19.6. The van der Waals surface area contributed by atoms with E-state index in [1.54, 1.807) is 36.4 Å². The lowest BCUT2D eigenvalue weighted by Gasteiger charge is -2.23. The third-order valence-corrected chi connectivity index (χ3v) is 7.85. The molecule has 41 heavy (non-hydrogen) atoms. The van der Waals surface area contributed by atoms with Gasteiger partial charge in [-0.15, -0.1) is 11.3 Å². The average molecular weight is 616 g/mol. The third kappa shape index (κ3) is 7.48. The minimum Gasteiger partial charge on any atom is -0.491 e. The molecule has 2 aromatic carbocycles. The molecule has 0 saturated carbocycles. The van der Waals surface area contributed by atoms with Gasteiger partial charge in [0.15, 0.2) is 0 Å². The van der Waals surface area contributed by atoms with Crippen molar-refractivity contribution in [1.82, 2.24) is 9.97 Å². The van der Waals surface area contributed by atoms with Gasteiger partial charge in [0.1, 0.15) is 52.5 Å². The van der Waals surface area contributed by atoms with E-state index >= 15 is 0 Å². The maximum absolute atomic E-state index is 13.3. The van der Waals surface area contributed by atoms with Crippen LogP contribution in [0, 0.1) is 22.7 Å². The van der Waals surface area contributed by atoms with Crippen LogP contribution in [-0.4, -0.2) is 48.1 Å². The summed E-state index contributed by atoms with van der Waals surface area (Å²) in [7, 11) is 1.20. The molecule has 0 atom stereocenters. The molecule has 0 fully saturated rings. The Labute approximate surface area is 247 Å². The van der Waals surface area contributed by atoms with Gasteiger partial charge in [-0.3, -0.25) is 0 Å². The number of pyridine rings is 1. The van der Waals surface area contributed by atoms with Crippen molar-refractivity contribution in [3.63, 3.8) is 0 Å². The van der Waals surface area contributed by atoms with Crippen molar-refractivity contribution in [3.8, 4) is 39.6 Å². The van der Waals surface area contributed by atoms with E-state index in [2.05, 4.69) is 16.0 Å². The van der Waals surface area contributed by atoms with Crippen LogP contribution in [0.25, 0.3) is 21.7 Å². The van der Waals surface area contributed by atoms with E-state index < -0.39 is 12.7 Å². The maximum atomic E-state index is 13.3. The molecule has 1 N–H and O–H groups in total. The third-order valence-electron chi connectivity index (χ3n) is 5.65. The lowest BCUT2D eigenvalue weighted by atomic mass is 9.96. The second kappa shape index (κ2) is 13.2. The van der Waals surface area contributed by atoms with Crippen molar-refractivity contribution in [3.05, 3.63) is 75.8 Å². The van der Waals surface area contributed by atoms with Gasteiger partial charge in [0.05, 0.1) is 17.9 Å². The van der Waals surface area contributed by atoms with E-state index in [0.29, 0.717) is 22.0 Å². The average Bonchev–Trinajstić information content (AvgIpc) is 3.43. The summed E-state index contributed by atoms with van der Waals surface area (Å²) < 4.78 is 45.3. The summed E-state index contributed by atoms with van der Waals surface area (Å²) in [4.78, 5) is 9.88. The van der Waals surface area contributed by atoms with Crippen molar-refractivity contribution in [2.24, 2.45) is 0 Å². The predicted molar refractivity (Wildman–Crippen MR) is 153 cm³/mol. The Morgan fingerprint density at radius 1 is 1.02 bits per heavy atom.